The summed E-state index contributed by atoms with van der Waals surface area (Å²) in [5, 5.41) is 0. The highest BCUT2D eigenvalue weighted by molar-refractivity contribution is 6.06. The molecule has 3 aromatic rings. The largest absolute Gasteiger partial charge is 0.457 e. The number of aryl methyl sites for hydroxylation is 1. The molecule has 0 aliphatic rings. The molecule has 0 radical (unpaired) electrons. The van der Waals surface area contributed by atoms with Crippen LogP contribution in [0.5, 0.6) is 0 Å². The van der Waals surface area contributed by atoms with Crippen molar-refractivity contribution in [2.24, 2.45) is 0 Å². The van der Waals surface area contributed by atoms with E-state index in [1.54, 1.807) is 30.3 Å². The number of benzene rings is 2. The summed E-state index contributed by atoms with van der Waals surface area (Å²) in [7, 11) is 0. The smallest absolute Gasteiger partial charge is 0.416 e. The second kappa shape index (κ2) is 7.04. The summed E-state index contributed by atoms with van der Waals surface area (Å²) in [6, 6.07) is 15.3. The Morgan fingerprint density at radius 2 is 1.73 bits per heavy atom. The van der Waals surface area contributed by atoms with Crippen molar-refractivity contribution < 1.29 is 22.4 Å². The van der Waals surface area contributed by atoms with Gasteiger partial charge in [-0.05, 0) is 43.3 Å². The van der Waals surface area contributed by atoms with Gasteiger partial charge in [0.25, 0.3) is 0 Å². The Morgan fingerprint density at radius 3 is 2.42 bits per heavy atom. The molecule has 5 heteroatoms. The molecule has 1 heterocycles. The Balaban J connectivity index is 1.78. The molecule has 2 nitrogen and oxygen atoms in total. The van der Waals surface area contributed by atoms with Gasteiger partial charge in [-0.1, -0.05) is 42.0 Å². The molecule has 1 aromatic heterocycles. The van der Waals surface area contributed by atoms with Crippen LogP contribution in [0.25, 0.3) is 17.4 Å². The number of ketones is 1. The predicted molar refractivity (Wildman–Crippen MR) is 93.7 cm³/mol. The lowest BCUT2D eigenvalue weighted by Crippen LogP contribution is -2.04. The van der Waals surface area contributed by atoms with E-state index in [-0.39, 0.29) is 5.78 Å². The molecular weight excluding hydrogens is 341 g/mol. The lowest BCUT2D eigenvalue weighted by atomic mass is 10.1. The number of alkyl halides is 3. The van der Waals surface area contributed by atoms with Gasteiger partial charge in [-0.25, -0.2) is 0 Å². The first-order valence-electron chi connectivity index (χ1n) is 7.89. The van der Waals surface area contributed by atoms with Gasteiger partial charge >= 0.3 is 6.18 Å². The van der Waals surface area contributed by atoms with Crippen molar-refractivity contribution in [2.45, 2.75) is 13.1 Å². The molecule has 0 atom stereocenters. The Kier molecular flexibility index (Phi) is 4.80. The van der Waals surface area contributed by atoms with E-state index in [0.717, 1.165) is 17.7 Å². The van der Waals surface area contributed by atoms with Crippen LogP contribution >= 0.6 is 0 Å². The summed E-state index contributed by atoms with van der Waals surface area (Å²) in [6.07, 6.45) is -1.54. The molecule has 2 aromatic carbocycles. The number of allylic oxidation sites excluding steroid dienone is 1. The van der Waals surface area contributed by atoms with Gasteiger partial charge in [-0.2, -0.15) is 13.2 Å². The third-order valence-electron chi connectivity index (χ3n) is 3.84. The molecule has 0 bridgehead atoms. The average molecular weight is 356 g/mol. The van der Waals surface area contributed by atoms with E-state index in [9.17, 15) is 18.0 Å². The summed E-state index contributed by atoms with van der Waals surface area (Å²) in [4.78, 5) is 12.1. The van der Waals surface area contributed by atoms with Crippen LogP contribution in [0.2, 0.25) is 0 Å². The second-order valence-electron chi connectivity index (χ2n) is 5.84. The molecule has 0 aliphatic heterocycles. The summed E-state index contributed by atoms with van der Waals surface area (Å²) < 4.78 is 44.0. The molecule has 132 valence electrons. The second-order valence-corrected chi connectivity index (χ2v) is 5.84. The van der Waals surface area contributed by atoms with Crippen molar-refractivity contribution in [1.29, 1.82) is 0 Å². The summed E-state index contributed by atoms with van der Waals surface area (Å²) in [5.41, 5.74) is 1.20. The highest BCUT2D eigenvalue weighted by Crippen LogP contribution is 2.32. The third-order valence-corrected chi connectivity index (χ3v) is 3.84. The standard InChI is InChI=1S/C21H15F3O2/c1-14-5-7-15(8-6-14)19(25)11-9-18-10-12-20(26-18)16-3-2-4-17(13-16)21(22,23)24/h2-13H,1H3/b11-9+. The first-order chi connectivity index (χ1) is 12.3. The van der Waals surface area contributed by atoms with E-state index in [1.807, 2.05) is 19.1 Å². The van der Waals surface area contributed by atoms with E-state index in [0.29, 0.717) is 22.6 Å². The van der Waals surface area contributed by atoms with Gasteiger partial charge in [-0.15, -0.1) is 0 Å². The van der Waals surface area contributed by atoms with Crippen molar-refractivity contribution in [2.75, 3.05) is 0 Å². The zero-order valence-electron chi connectivity index (χ0n) is 13.9. The fourth-order valence-corrected chi connectivity index (χ4v) is 2.42. The average Bonchev–Trinajstić information content (AvgIpc) is 3.09. The Hall–Kier alpha value is -3.08. The van der Waals surface area contributed by atoms with Gasteiger partial charge in [0, 0.05) is 11.1 Å². The summed E-state index contributed by atoms with van der Waals surface area (Å²) in [5.74, 6) is 0.512. The van der Waals surface area contributed by atoms with Crippen LogP contribution in [-0.2, 0) is 6.18 Å². The molecular formula is C21H15F3O2. The SMILES string of the molecule is Cc1ccc(C(=O)/C=C/c2ccc(-c3cccc(C(F)(F)F)c3)o2)cc1. The fraction of sp³-hybridized carbons (Fsp3) is 0.0952. The molecule has 3 rings (SSSR count). The topological polar surface area (TPSA) is 30.2 Å². The van der Waals surface area contributed by atoms with Crippen LogP contribution in [0.3, 0.4) is 0 Å². The number of halogens is 3. The molecule has 0 spiro atoms. The van der Waals surface area contributed by atoms with Gasteiger partial charge in [-0.3, -0.25) is 4.79 Å². The number of carbonyl (C=O) groups is 1. The highest BCUT2D eigenvalue weighted by Gasteiger charge is 2.30. The van der Waals surface area contributed by atoms with E-state index >= 15 is 0 Å². The quantitative estimate of drug-likeness (QED) is 0.413. The van der Waals surface area contributed by atoms with Crippen LogP contribution < -0.4 is 0 Å². The normalized spacial score (nSPS) is 11.8. The molecule has 0 aliphatic carbocycles. The predicted octanol–water partition coefficient (Wildman–Crippen LogP) is 6.17. The minimum absolute atomic E-state index is 0.179. The molecule has 26 heavy (non-hydrogen) atoms. The van der Waals surface area contributed by atoms with Crippen LogP contribution in [-0.4, -0.2) is 5.78 Å². The maximum Gasteiger partial charge on any atom is 0.416 e. The maximum absolute atomic E-state index is 12.8. The number of rotatable bonds is 4. The minimum atomic E-state index is -4.41. The zero-order chi connectivity index (χ0) is 18.7. The molecule has 0 fully saturated rings. The lowest BCUT2D eigenvalue weighted by Gasteiger charge is -2.07. The lowest BCUT2D eigenvalue weighted by molar-refractivity contribution is -0.137. The number of carbonyl (C=O) groups excluding carboxylic acids is 1. The van der Waals surface area contributed by atoms with E-state index in [1.165, 1.54) is 18.2 Å². The van der Waals surface area contributed by atoms with E-state index in [4.69, 9.17) is 4.42 Å². The van der Waals surface area contributed by atoms with Gasteiger partial charge in [0.1, 0.15) is 11.5 Å². The monoisotopic (exact) mass is 356 g/mol. The molecule has 0 N–H and O–H groups in total. The van der Waals surface area contributed by atoms with Crippen molar-refractivity contribution in [3.63, 3.8) is 0 Å². The number of hydrogen-bond donors (Lipinski definition) is 0. The first kappa shape index (κ1) is 17.7. The van der Waals surface area contributed by atoms with Crippen molar-refractivity contribution in [1.82, 2.24) is 0 Å². The van der Waals surface area contributed by atoms with Crippen molar-refractivity contribution in [3.8, 4) is 11.3 Å². The van der Waals surface area contributed by atoms with Crippen molar-refractivity contribution in [3.05, 3.63) is 89.2 Å². The van der Waals surface area contributed by atoms with Gasteiger partial charge in [0.05, 0.1) is 5.56 Å². The maximum atomic E-state index is 12.8. The first-order valence-corrected chi connectivity index (χ1v) is 7.89. The Bertz CT molecular complexity index is 948. The van der Waals surface area contributed by atoms with Crippen molar-refractivity contribution >= 4 is 11.9 Å². The van der Waals surface area contributed by atoms with Gasteiger partial charge in [0.15, 0.2) is 5.78 Å². The summed E-state index contributed by atoms with van der Waals surface area (Å²) >= 11 is 0. The van der Waals surface area contributed by atoms with E-state index < -0.39 is 11.7 Å². The fourth-order valence-electron chi connectivity index (χ4n) is 2.42. The van der Waals surface area contributed by atoms with Crippen LogP contribution in [0, 0.1) is 6.92 Å². The van der Waals surface area contributed by atoms with Crippen LogP contribution in [0.15, 0.2) is 71.2 Å². The van der Waals surface area contributed by atoms with Crippen LogP contribution in [0.4, 0.5) is 13.2 Å². The minimum Gasteiger partial charge on any atom is -0.457 e. The van der Waals surface area contributed by atoms with Gasteiger partial charge in [0.2, 0.25) is 0 Å². The molecule has 0 amide bonds. The molecule has 0 unspecified atom stereocenters. The molecule has 0 saturated heterocycles. The summed E-state index contributed by atoms with van der Waals surface area (Å²) in [6.45, 7) is 1.93. The van der Waals surface area contributed by atoms with Crippen LogP contribution in [0.1, 0.15) is 27.2 Å². The Labute approximate surface area is 148 Å². The number of hydrogen-bond acceptors (Lipinski definition) is 2. The number of furan rings is 1. The zero-order valence-corrected chi connectivity index (χ0v) is 13.9. The third kappa shape index (κ3) is 4.11. The van der Waals surface area contributed by atoms with E-state index in [2.05, 4.69) is 0 Å². The molecule has 0 saturated carbocycles. The Morgan fingerprint density at radius 1 is 1.00 bits per heavy atom. The highest BCUT2D eigenvalue weighted by atomic mass is 19.4. The van der Waals surface area contributed by atoms with Gasteiger partial charge < -0.3 is 4.42 Å².